The van der Waals surface area contributed by atoms with Crippen molar-refractivity contribution in [2.45, 2.75) is 78.6 Å². The minimum atomic E-state index is -0.282. The molecule has 0 aromatic heterocycles. The van der Waals surface area contributed by atoms with Crippen LogP contribution in [-0.4, -0.2) is 17.3 Å². The Bertz CT molecular complexity index is 1470. The van der Waals surface area contributed by atoms with E-state index in [0.29, 0.717) is 5.75 Å². The lowest BCUT2D eigenvalue weighted by atomic mass is 9.69. The van der Waals surface area contributed by atoms with Gasteiger partial charge in [-0.2, -0.15) is 0 Å². The van der Waals surface area contributed by atoms with E-state index in [1.54, 1.807) is 19.2 Å². The molecule has 41 heavy (non-hydrogen) atoms. The number of benzene rings is 4. The molecule has 3 nitrogen and oxygen atoms in total. The molecule has 0 aliphatic carbocycles. The summed E-state index contributed by atoms with van der Waals surface area (Å²) in [4.78, 5) is 0. The number of hydrogen-bond acceptors (Lipinski definition) is 3. The van der Waals surface area contributed by atoms with Crippen LogP contribution in [0.25, 0.3) is 0 Å². The molecule has 4 aromatic rings. The highest BCUT2D eigenvalue weighted by Gasteiger charge is 2.34. The molecule has 1 unspecified atom stereocenters. The van der Waals surface area contributed by atoms with Gasteiger partial charge >= 0.3 is 0 Å². The quantitative estimate of drug-likeness (QED) is 0.230. The first kappa shape index (κ1) is 30.2. The smallest absolute Gasteiger partial charge is 0.122 e. The van der Waals surface area contributed by atoms with Crippen molar-refractivity contribution < 1.29 is 14.9 Å². The van der Waals surface area contributed by atoms with Crippen LogP contribution in [0, 0.1) is 5.41 Å². The van der Waals surface area contributed by atoms with Crippen molar-refractivity contribution in [3.8, 4) is 17.2 Å². The summed E-state index contributed by atoms with van der Waals surface area (Å²) in [7, 11) is 1.68. The third-order valence-electron chi connectivity index (χ3n) is 8.86. The van der Waals surface area contributed by atoms with E-state index in [1.807, 2.05) is 24.3 Å². The van der Waals surface area contributed by atoms with Crippen molar-refractivity contribution in [2.75, 3.05) is 7.11 Å². The molecule has 0 radical (unpaired) electrons. The average molecular weight is 551 g/mol. The zero-order chi connectivity index (χ0) is 30.2. The fourth-order valence-electron chi connectivity index (χ4n) is 6.03. The summed E-state index contributed by atoms with van der Waals surface area (Å²) >= 11 is 0. The molecule has 0 aliphatic rings. The molecule has 0 bridgehead atoms. The Morgan fingerprint density at radius 1 is 0.634 bits per heavy atom. The first-order chi connectivity index (χ1) is 19.2. The standard InChI is InChI=1S/C38H46O3/c1-10-25-23-30(24-33(35(25)40)34(36(2,3)4)26-11-21-32(41-9)22-12-26)38(7,8)28-15-13-27(14-16-28)37(5,6)29-17-19-31(39)20-18-29/h11-24,34,39-40H,10H2,1-9H3. The van der Waals surface area contributed by atoms with Gasteiger partial charge in [0.05, 0.1) is 7.11 Å². The Morgan fingerprint density at radius 3 is 1.54 bits per heavy atom. The molecule has 0 aliphatic heterocycles. The highest BCUT2D eigenvalue weighted by atomic mass is 16.5. The van der Waals surface area contributed by atoms with Gasteiger partial charge in [-0.15, -0.1) is 0 Å². The van der Waals surface area contributed by atoms with Crippen LogP contribution in [-0.2, 0) is 17.3 Å². The van der Waals surface area contributed by atoms with Gasteiger partial charge in [0.15, 0.2) is 0 Å². The highest BCUT2D eigenvalue weighted by molar-refractivity contribution is 5.54. The van der Waals surface area contributed by atoms with E-state index in [2.05, 4.69) is 104 Å². The van der Waals surface area contributed by atoms with Gasteiger partial charge in [-0.3, -0.25) is 0 Å². The van der Waals surface area contributed by atoms with Gasteiger partial charge in [0, 0.05) is 22.3 Å². The van der Waals surface area contributed by atoms with Gasteiger partial charge in [0.2, 0.25) is 0 Å². The number of methoxy groups -OCH3 is 1. The zero-order valence-electron chi connectivity index (χ0n) is 26.2. The lowest BCUT2D eigenvalue weighted by molar-refractivity contribution is 0.345. The fraction of sp³-hybridized carbons (Fsp3) is 0.368. The third-order valence-corrected chi connectivity index (χ3v) is 8.86. The first-order valence-electron chi connectivity index (χ1n) is 14.6. The molecule has 216 valence electrons. The molecule has 2 N–H and O–H groups in total. The van der Waals surface area contributed by atoms with Crippen LogP contribution < -0.4 is 4.74 Å². The summed E-state index contributed by atoms with van der Waals surface area (Å²) in [5.74, 6) is 1.51. The Labute approximate surface area is 246 Å². The van der Waals surface area contributed by atoms with Gasteiger partial charge < -0.3 is 14.9 Å². The van der Waals surface area contributed by atoms with Gasteiger partial charge in [0.1, 0.15) is 17.2 Å². The molecule has 0 saturated carbocycles. The van der Waals surface area contributed by atoms with Gasteiger partial charge in [0.25, 0.3) is 0 Å². The van der Waals surface area contributed by atoms with Crippen LogP contribution >= 0.6 is 0 Å². The van der Waals surface area contributed by atoms with Gasteiger partial charge in [-0.05, 0) is 69.5 Å². The minimum Gasteiger partial charge on any atom is -0.508 e. The summed E-state index contributed by atoms with van der Waals surface area (Å²) in [6, 6.07) is 29.0. The van der Waals surface area contributed by atoms with Crippen LogP contribution in [0.2, 0.25) is 0 Å². The van der Waals surface area contributed by atoms with Gasteiger partial charge in [-0.25, -0.2) is 0 Å². The Morgan fingerprint density at radius 2 is 1.10 bits per heavy atom. The molecular weight excluding hydrogens is 504 g/mol. The maximum Gasteiger partial charge on any atom is 0.122 e. The van der Waals surface area contributed by atoms with E-state index in [0.717, 1.165) is 34.4 Å². The molecule has 4 aromatic carbocycles. The summed E-state index contributed by atoms with van der Waals surface area (Å²) < 4.78 is 5.41. The Hall–Kier alpha value is -3.72. The number of rotatable bonds is 8. The predicted molar refractivity (Wildman–Crippen MR) is 171 cm³/mol. The van der Waals surface area contributed by atoms with Crippen molar-refractivity contribution in [2.24, 2.45) is 5.41 Å². The van der Waals surface area contributed by atoms with E-state index in [-0.39, 0.29) is 27.9 Å². The van der Waals surface area contributed by atoms with E-state index in [4.69, 9.17) is 4.74 Å². The van der Waals surface area contributed by atoms with Crippen molar-refractivity contribution in [1.82, 2.24) is 0 Å². The summed E-state index contributed by atoms with van der Waals surface area (Å²) in [6.07, 6.45) is 0.752. The molecule has 0 heterocycles. The number of phenols is 2. The number of aromatic hydroxyl groups is 2. The van der Waals surface area contributed by atoms with Crippen LogP contribution in [0.3, 0.4) is 0 Å². The van der Waals surface area contributed by atoms with Crippen LogP contribution in [0.1, 0.15) is 100 Å². The molecule has 4 rings (SSSR count). The summed E-state index contributed by atoms with van der Waals surface area (Å²) in [6.45, 7) is 17.8. The lowest BCUT2D eigenvalue weighted by Gasteiger charge is -2.35. The van der Waals surface area contributed by atoms with Crippen molar-refractivity contribution in [1.29, 1.82) is 0 Å². The van der Waals surface area contributed by atoms with Gasteiger partial charge in [-0.1, -0.05) is 116 Å². The lowest BCUT2D eigenvalue weighted by Crippen LogP contribution is -2.24. The van der Waals surface area contributed by atoms with Crippen molar-refractivity contribution in [3.05, 3.63) is 124 Å². The molecule has 0 amide bonds. The number of hydrogen-bond donors (Lipinski definition) is 2. The average Bonchev–Trinajstić information content (AvgIpc) is 2.94. The second kappa shape index (κ2) is 11.3. The van der Waals surface area contributed by atoms with Crippen LogP contribution in [0.4, 0.5) is 0 Å². The van der Waals surface area contributed by atoms with Crippen LogP contribution in [0.5, 0.6) is 17.2 Å². The highest BCUT2D eigenvalue weighted by Crippen LogP contribution is 2.47. The van der Waals surface area contributed by atoms with E-state index >= 15 is 0 Å². The fourth-order valence-corrected chi connectivity index (χ4v) is 6.03. The number of ether oxygens (including phenoxy) is 1. The largest absolute Gasteiger partial charge is 0.508 e. The number of phenolic OH excluding ortho intramolecular Hbond substituents is 2. The monoisotopic (exact) mass is 550 g/mol. The SMILES string of the molecule is CCc1cc(C(C)(C)c2ccc(C(C)(C)c3ccc(O)cc3)cc2)cc(C(c2ccc(OC)cc2)C(C)(C)C)c1O. The van der Waals surface area contributed by atoms with Crippen molar-refractivity contribution >= 4 is 0 Å². The van der Waals surface area contributed by atoms with Crippen molar-refractivity contribution in [3.63, 3.8) is 0 Å². The predicted octanol–water partition coefficient (Wildman–Crippen LogP) is 9.50. The van der Waals surface area contributed by atoms with E-state index < -0.39 is 0 Å². The maximum absolute atomic E-state index is 11.6. The second-order valence-electron chi connectivity index (χ2n) is 13.4. The number of aryl methyl sites for hydroxylation is 1. The topological polar surface area (TPSA) is 49.7 Å². The Balaban J connectivity index is 1.78. The molecule has 3 heteroatoms. The van der Waals surface area contributed by atoms with Crippen LogP contribution in [0.15, 0.2) is 84.9 Å². The van der Waals surface area contributed by atoms with E-state index in [9.17, 15) is 10.2 Å². The third kappa shape index (κ3) is 6.00. The molecule has 1 atom stereocenters. The summed E-state index contributed by atoms with van der Waals surface area (Å²) in [5.41, 5.74) is 7.28. The molecular formula is C38H46O3. The van der Waals surface area contributed by atoms with E-state index in [1.165, 1.54) is 16.7 Å². The zero-order valence-corrected chi connectivity index (χ0v) is 26.2. The maximum atomic E-state index is 11.6. The first-order valence-corrected chi connectivity index (χ1v) is 14.6. The Kier molecular flexibility index (Phi) is 8.32. The molecule has 0 saturated heterocycles. The summed E-state index contributed by atoms with van der Waals surface area (Å²) in [5, 5.41) is 21.3. The second-order valence-corrected chi connectivity index (χ2v) is 13.4. The minimum absolute atomic E-state index is 0.00272. The molecule has 0 fully saturated rings. The molecule has 0 spiro atoms. The normalized spacial score (nSPS) is 13.2.